The average molecular weight is 448 g/mol. The summed E-state index contributed by atoms with van der Waals surface area (Å²) in [6, 6.07) is -5.54. The monoisotopic (exact) mass is 448 g/mol. The van der Waals surface area contributed by atoms with Gasteiger partial charge in [0.2, 0.25) is 17.7 Å². The topological polar surface area (TPSA) is 228 Å². The number of aliphatic hydroxyl groups is 2. The zero-order valence-corrected chi connectivity index (χ0v) is 17.7. The predicted octanol–water partition coefficient (Wildman–Crippen LogP) is -2.86. The fourth-order valence-electron chi connectivity index (χ4n) is 2.49. The highest BCUT2D eigenvalue weighted by molar-refractivity contribution is 5.94. The first-order valence-corrected chi connectivity index (χ1v) is 9.75. The minimum atomic E-state index is -1.68. The number of aliphatic carboxylic acids is 2. The van der Waals surface area contributed by atoms with Crippen molar-refractivity contribution in [2.24, 2.45) is 11.7 Å². The Hall–Kier alpha value is -2.77. The molecule has 6 atom stereocenters. The molecule has 0 spiro atoms. The van der Waals surface area contributed by atoms with E-state index in [1.54, 1.807) is 13.8 Å². The van der Waals surface area contributed by atoms with E-state index in [9.17, 15) is 29.1 Å². The zero-order chi connectivity index (χ0) is 24.3. The molecule has 0 aliphatic rings. The van der Waals surface area contributed by atoms with Crippen molar-refractivity contribution in [1.82, 2.24) is 16.0 Å². The second kappa shape index (κ2) is 13.5. The van der Waals surface area contributed by atoms with Gasteiger partial charge in [0.15, 0.2) is 6.04 Å². The number of hydrogen-bond donors (Lipinski definition) is 8. The van der Waals surface area contributed by atoms with Crippen molar-refractivity contribution < 1.29 is 44.4 Å². The minimum absolute atomic E-state index is 0.365. The highest BCUT2D eigenvalue weighted by Gasteiger charge is 2.33. The molecule has 0 aromatic heterocycles. The highest BCUT2D eigenvalue weighted by atomic mass is 16.4. The Morgan fingerprint density at radius 2 is 1.45 bits per heavy atom. The van der Waals surface area contributed by atoms with Crippen LogP contribution in [0.25, 0.3) is 0 Å². The lowest BCUT2D eigenvalue weighted by Crippen LogP contribution is -2.59. The molecule has 31 heavy (non-hydrogen) atoms. The number of carbonyl (C=O) groups is 5. The number of hydrogen-bond acceptors (Lipinski definition) is 8. The van der Waals surface area contributed by atoms with Crippen molar-refractivity contribution >= 4 is 29.7 Å². The average Bonchev–Trinajstić information content (AvgIpc) is 2.70. The first-order valence-electron chi connectivity index (χ1n) is 9.75. The third-order valence-electron chi connectivity index (χ3n) is 4.65. The van der Waals surface area contributed by atoms with Crippen molar-refractivity contribution in [3.8, 4) is 0 Å². The van der Waals surface area contributed by atoms with E-state index in [0.29, 0.717) is 6.42 Å². The number of carboxylic acid groups (broad SMARTS) is 2. The molecule has 9 N–H and O–H groups in total. The Bertz CT molecular complexity index is 656. The van der Waals surface area contributed by atoms with Gasteiger partial charge in [0, 0.05) is 6.42 Å². The summed E-state index contributed by atoms with van der Waals surface area (Å²) in [5, 5.41) is 43.3. The Kier molecular flexibility index (Phi) is 12.3. The Morgan fingerprint density at radius 1 is 0.903 bits per heavy atom. The molecule has 3 amide bonds. The van der Waals surface area contributed by atoms with Crippen LogP contribution in [0.4, 0.5) is 0 Å². The fraction of sp³-hybridized carbons (Fsp3) is 0.722. The summed E-state index contributed by atoms with van der Waals surface area (Å²) in [4.78, 5) is 59.4. The fourth-order valence-corrected chi connectivity index (χ4v) is 2.49. The summed E-state index contributed by atoms with van der Waals surface area (Å²) >= 11 is 0. The first kappa shape index (κ1) is 28.2. The third kappa shape index (κ3) is 9.72. The summed E-state index contributed by atoms with van der Waals surface area (Å²) < 4.78 is 0. The smallest absolute Gasteiger partial charge is 0.328 e. The largest absolute Gasteiger partial charge is 0.481 e. The van der Waals surface area contributed by atoms with Crippen LogP contribution in [0.5, 0.6) is 0 Å². The second-order valence-electron chi connectivity index (χ2n) is 7.22. The third-order valence-corrected chi connectivity index (χ3v) is 4.65. The lowest BCUT2D eigenvalue weighted by Gasteiger charge is -2.28. The van der Waals surface area contributed by atoms with E-state index in [1.807, 2.05) is 0 Å². The number of carbonyl (C=O) groups excluding carboxylic acids is 3. The van der Waals surface area contributed by atoms with Gasteiger partial charge >= 0.3 is 11.9 Å². The molecular weight excluding hydrogens is 416 g/mol. The van der Waals surface area contributed by atoms with Gasteiger partial charge in [0.05, 0.1) is 12.7 Å². The van der Waals surface area contributed by atoms with Gasteiger partial charge in [-0.1, -0.05) is 20.3 Å². The van der Waals surface area contributed by atoms with E-state index in [0.717, 1.165) is 6.92 Å². The van der Waals surface area contributed by atoms with E-state index in [-0.39, 0.29) is 6.42 Å². The van der Waals surface area contributed by atoms with Gasteiger partial charge in [-0.25, -0.2) is 4.79 Å². The molecular formula is C18H32N4O9. The predicted molar refractivity (Wildman–Crippen MR) is 106 cm³/mol. The van der Waals surface area contributed by atoms with Crippen LogP contribution in [0.3, 0.4) is 0 Å². The summed E-state index contributed by atoms with van der Waals surface area (Å²) in [6.45, 7) is 3.88. The highest BCUT2D eigenvalue weighted by Crippen LogP contribution is 2.10. The molecule has 0 radical (unpaired) electrons. The van der Waals surface area contributed by atoms with E-state index >= 15 is 0 Å². The molecule has 13 nitrogen and oxygen atoms in total. The Balaban J connectivity index is 5.58. The number of nitrogens with two attached hydrogens (primary N) is 1. The van der Waals surface area contributed by atoms with Gasteiger partial charge in [0.1, 0.15) is 18.1 Å². The molecule has 0 rings (SSSR count). The second-order valence-corrected chi connectivity index (χ2v) is 7.22. The van der Waals surface area contributed by atoms with Crippen LogP contribution in [0.15, 0.2) is 0 Å². The van der Waals surface area contributed by atoms with Crippen molar-refractivity contribution in [3.05, 3.63) is 0 Å². The van der Waals surface area contributed by atoms with Gasteiger partial charge < -0.3 is 42.1 Å². The summed E-state index contributed by atoms with van der Waals surface area (Å²) in [5.41, 5.74) is 5.45. The quantitative estimate of drug-likeness (QED) is 0.135. The molecule has 0 bridgehead atoms. The molecule has 0 saturated carbocycles. The molecule has 13 heteroatoms. The number of nitrogens with one attached hydrogen (secondary N) is 3. The summed E-state index contributed by atoms with van der Waals surface area (Å²) in [5.74, 6) is -5.81. The summed E-state index contributed by atoms with van der Waals surface area (Å²) in [6.07, 6.45) is -1.89. The van der Waals surface area contributed by atoms with Crippen molar-refractivity contribution in [2.45, 2.75) is 70.3 Å². The number of carboxylic acids is 2. The number of rotatable bonds is 14. The molecule has 0 aromatic rings. The van der Waals surface area contributed by atoms with E-state index in [1.165, 1.54) is 0 Å². The van der Waals surface area contributed by atoms with Crippen LogP contribution >= 0.6 is 0 Å². The van der Waals surface area contributed by atoms with Crippen molar-refractivity contribution in [3.63, 3.8) is 0 Å². The maximum absolute atomic E-state index is 12.8. The molecule has 0 heterocycles. The van der Waals surface area contributed by atoms with Gasteiger partial charge in [-0.3, -0.25) is 19.2 Å². The maximum atomic E-state index is 12.8. The van der Waals surface area contributed by atoms with E-state index in [2.05, 4.69) is 16.0 Å². The van der Waals surface area contributed by atoms with Crippen LogP contribution in [0.2, 0.25) is 0 Å². The number of amides is 3. The van der Waals surface area contributed by atoms with Gasteiger partial charge in [-0.05, 0) is 19.3 Å². The minimum Gasteiger partial charge on any atom is -0.481 e. The standard InChI is InChI=1S/C18H32N4O9/c1-4-8(2)13(21-15(27)10(19)7-23)17(29)20-11(5-6-12(25)26)16(28)22-14(9(3)24)18(30)31/h8-11,13-14,23-24H,4-7,19H2,1-3H3,(H,20,29)(H,21,27)(H,22,28)(H,25,26)(H,30,31). The van der Waals surface area contributed by atoms with Gasteiger partial charge in [-0.15, -0.1) is 0 Å². The molecule has 0 aliphatic heterocycles. The van der Waals surface area contributed by atoms with Gasteiger partial charge in [-0.2, -0.15) is 0 Å². The lowest BCUT2D eigenvalue weighted by atomic mass is 9.97. The lowest BCUT2D eigenvalue weighted by molar-refractivity contribution is -0.145. The van der Waals surface area contributed by atoms with Crippen LogP contribution < -0.4 is 21.7 Å². The molecule has 0 aromatic carbocycles. The van der Waals surface area contributed by atoms with Crippen LogP contribution in [0, 0.1) is 5.92 Å². The summed E-state index contributed by atoms with van der Waals surface area (Å²) in [7, 11) is 0. The van der Waals surface area contributed by atoms with Crippen molar-refractivity contribution in [1.29, 1.82) is 0 Å². The molecule has 0 aliphatic carbocycles. The molecule has 178 valence electrons. The Morgan fingerprint density at radius 3 is 1.87 bits per heavy atom. The molecule has 0 saturated heterocycles. The SMILES string of the molecule is CCC(C)C(NC(=O)C(N)CO)C(=O)NC(CCC(=O)O)C(=O)NC(C(=O)O)C(C)O. The van der Waals surface area contributed by atoms with Crippen molar-refractivity contribution in [2.75, 3.05) is 6.61 Å². The first-order chi connectivity index (χ1) is 14.3. The van der Waals surface area contributed by atoms with Gasteiger partial charge in [0.25, 0.3) is 0 Å². The van der Waals surface area contributed by atoms with E-state index < -0.39 is 78.9 Å². The van der Waals surface area contributed by atoms with Crippen LogP contribution in [0.1, 0.15) is 40.0 Å². The van der Waals surface area contributed by atoms with E-state index in [4.69, 9.17) is 21.1 Å². The normalized spacial score (nSPS) is 16.7. The van der Waals surface area contributed by atoms with Crippen LogP contribution in [-0.2, 0) is 24.0 Å². The zero-order valence-electron chi connectivity index (χ0n) is 17.7. The number of aliphatic hydroxyl groups excluding tert-OH is 2. The molecule has 0 fully saturated rings. The maximum Gasteiger partial charge on any atom is 0.328 e. The Labute approximate surface area is 179 Å². The van der Waals surface area contributed by atoms with Crippen LogP contribution in [-0.4, -0.2) is 87.0 Å². The molecule has 6 unspecified atom stereocenters.